The number of hydrogen-bond donors (Lipinski definition) is 1. The van der Waals surface area contributed by atoms with Crippen LogP contribution < -0.4 is 5.32 Å². The van der Waals surface area contributed by atoms with Crippen LogP contribution in [-0.2, 0) is 4.74 Å². The summed E-state index contributed by atoms with van der Waals surface area (Å²) >= 11 is 7.31. The first-order valence-electron chi connectivity index (χ1n) is 11.2. The number of pyridine rings is 2. The number of nitrogens with zero attached hydrogens (tertiary/aromatic N) is 2. The Balaban J connectivity index is 1.58. The molecule has 0 radical (unpaired) electrons. The molecule has 1 N–H and O–H groups in total. The molecule has 8 heteroatoms. The Labute approximate surface area is 216 Å². The lowest BCUT2D eigenvalue weighted by atomic mass is 10.0. The number of carbonyl (C=O) groups excluding carboxylic acids is 2. The lowest BCUT2D eigenvalue weighted by molar-refractivity contribution is 0.0529. The van der Waals surface area contributed by atoms with E-state index < -0.39 is 5.97 Å². The average Bonchev–Trinajstić information content (AvgIpc) is 3.32. The molecule has 3 aromatic heterocycles. The Hall–Kier alpha value is -4.07. The van der Waals surface area contributed by atoms with E-state index in [1.807, 2.05) is 53.9 Å². The molecule has 1 amide bonds. The Morgan fingerprint density at radius 1 is 1.00 bits per heavy atom. The molecule has 6 nitrogen and oxygen atoms in total. The summed E-state index contributed by atoms with van der Waals surface area (Å²) in [5.74, 6) is -0.852. The molecule has 2 aromatic carbocycles. The fourth-order valence-electron chi connectivity index (χ4n) is 3.90. The predicted octanol–water partition coefficient (Wildman–Crippen LogP) is 7.11. The van der Waals surface area contributed by atoms with E-state index in [1.54, 1.807) is 37.5 Å². The van der Waals surface area contributed by atoms with E-state index >= 15 is 0 Å². The van der Waals surface area contributed by atoms with Crippen LogP contribution in [0.2, 0.25) is 5.02 Å². The van der Waals surface area contributed by atoms with E-state index in [9.17, 15) is 9.59 Å². The highest BCUT2D eigenvalue weighted by molar-refractivity contribution is 7.15. The van der Waals surface area contributed by atoms with Crippen LogP contribution in [0.5, 0.6) is 0 Å². The third kappa shape index (κ3) is 4.71. The number of benzene rings is 2. The van der Waals surface area contributed by atoms with Gasteiger partial charge in [-0.1, -0.05) is 41.9 Å². The first kappa shape index (κ1) is 23.7. The topological polar surface area (TPSA) is 81.2 Å². The van der Waals surface area contributed by atoms with Crippen LogP contribution in [0.3, 0.4) is 0 Å². The molecule has 0 bridgehead atoms. The number of amides is 1. The first-order valence-corrected chi connectivity index (χ1v) is 12.5. The van der Waals surface area contributed by atoms with E-state index in [2.05, 4.69) is 10.3 Å². The van der Waals surface area contributed by atoms with Crippen LogP contribution in [0, 0.1) is 0 Å². The molecule has 5 rings (SSSR count). The van der Waals surface area contributed by atoms with E-state index in [0.29, 0.717) is 43.3 Å². The fourth-order valence-corrected chi connectivity index (χ4v) is 4.98. The molecule has 5 aromatic rings. The zero-order valence-corrected chi connectivity index (χ0v) is 20.8. The quantitative estimate of drug-likeness (QED) is 0.245. The van der Waals surface area contributed by atoms with Crippen molar-refractivity contribution in [3.63, 3.8) is 0 Å². The summed E-state index contributed by atoms with van der Waals surface area (Å²) in [6, 6.07) is 20.1. The summed E-state index contributed by atoms with van der Waals surface area (Å²) in [5, 5.41) is 6.50. The highest BCUT2D eigenvalue weighted by Crippen LogP contribution is 2.37. The normalized spacial score (nSPS) is 10.8. The van der Waals surface area contributed by atoms with Crippen molar-refractivity contribution in [3.8, 4) is 22.4 Å². The van der Waals surface area contributed by atoms with Crippen LogP contribution in [0.1, 0.15) is 27.6 Å². The van der Waals surface area contributed by atoms with Crippen LogP contribution in [0.15, 0.2) is 84.5 Å². The molecule has 3 heterocycles. The highest BCUT2D eigenvalue weighted by atomic mass is 35.5. The molecule has 0 aliphatic carbocycles. The van der Waals surface area contributed by atoms with Gasteiger partial charge >= 0.3 is 5.97 Å². The summed E-state index contributed by atoms with van der Waals surface area (Å²) in [6.07, 6.45) is 3.36. The van der Waals surface area contributed by atoms with Crippen LogP contribution in [-0.4, -0.2) is 28.5 Å². The third-order valence-electron chi connectivity index (χ3n) is 5.59. The van der Waals surface area contributed by atoms with Gasteiger partial charge in [0.05, 0.1) is 23.4 Å². The minimum Gasteiger partial charge on any atom is -0.462 e. The van der Waals surface area contributed by atoms with Crippen molar-refractivity contribution in [2.45, 2.75) is 6.92 Å². The first-order chi connectivity index (χ1) is 17.5. The molecule has 0 spiro atoms. The largest absolute Gasteiger partial charge is 0.462 e. The molecular formula is C28H20ClN3O3S. The molecular weight excluding hydrogens is 494 g/mol. The molecule has 0 aliphatic heterocycles. The van der Waals surface area contributed by atoms with Gasteiger partial charge in [0, 0.05) is 39.3 Å². The Morgan fingerprint density at radius 2 is 1.75 bits per heavy atom. The van der Waals surface area contributed by atoms with Gasteiger partial charge in [-0.25, -0.2) is 9.78 Å². The lowest BCUT2D eigenvalue weighted by Crippen LogP contribution is -2.15. The maximum atomic E-state index is 13.6. The van der Waals surface area contributed by atoms with Gasteiger partial charge in [0.2, 0.25) is 0 Å². The van der Waals surface area contributed by atoms with Gasteiger partial charge in [-0.2, -0.15) is 0 Å². The summed E-state index contributed by atoms with van der Waals surface area (Å²) < 4.78 is 5.32. The second-order valence-corrected chi connectivity index (χ2v) is 9.16. The number of anilines is 1. The van der Waals surface area contributed by atoms with E-state index in [1.165, 1.54) is 11.3 Å². The van der Waals surface area contributed by atoms with Gasteiger partial charge in [-0.3, -0.25) is 9.78 Å². The zero-order chi connectivity index (χ0) is 25.1. The standard InChI is InChI=1S/C28H20ClN3O3S/c1-2-35-28(34)25-22(17-7-9-19(29)10-8-17)16-36-27(25)32-26(33)21-15-24(18-11-13-30-14-12-18)31-23-6-4-3-5-20(21)23/h3-16H,2H2,1H3,(H,32,33). The average molecular weight is 514 g/mol. The van der Waals surface area contributed by atoms with Crippen molar-refractivity contribution >= 4 is 50.7 Å². The number of thiophene rings is 1. The number of carbonyl (C=O) groups is 2. The minimum absolute atomic E-state index is 0.215. The Bertz CT molecular complexity index is 1570. The van der Waals surface area contributed by atoms with Gasteiger partial charge in [0.25, 0.3) is 5.91 Å². The molecule has 0 aliphatic rings. The third-order valence-corrected chi connectivity index (χ3v) is 6.74. The molecule has 178 valence electrons. The highest BCUT2D eigenvalue weighted by Gasteiger charge is 2.24. The zero-order valence-electron chi connectivity index (χ0n) is 19.2. The summed E-state index contributed by atoms with van der Waals surface area (Å²) in [4.78, 5) is 35.4. The fraction of sp³-hybridized carbons (Fsp3) is 0.0714. The molecule has 0 unspecified atom stereocenters. The lowest BCUT2D eigenvalue weighted by Gasteiger charge is -2.12. The van der Waals surface area contributed by atoms with Crippen LogP contribution in [0.25, 0.3) is 33.3 Å². The second kappa shape index (κ2) is 10.3. The SMILES string of the molecule is CCOC(=O)c1c(-c2ccc(Cl)cc2)csc1NC(=O)c1cc(-c2ccncc2)nc2ccccc12. The number of nitrogens with one attached hydrogen (secondary N) is 1. The number of esters is 1. The van der Waals surface area contributed by atoms with Crippen LogP contribution >= 0.6 is 22.9 Å². The Kier molecular flexibility index (Phi) is 6.75. The van der Waals surface area contributed by atoms with E-state index in [0.717, 1.165) is 11.1 Å². The van der Waals surface area contributed by atoms with Crippen molar-refractivity contribution in [1.29, 1.82) is 0 Å². The van der Waals surface area contributed by atoms with Crippen LogP contribution in [0.4, 0.5) is 5.00 Å². The number of halogens is 1. The van der Waals surface area contributed by atoms with Gasteiger partial charge in [-0.05, 0) is 48.9 Å². The van der Waals surface area contributed by atoms with E-state index in [4.69, 9.17) is 21.3 Å². The van der Waals surface area contributed by atoms with Crippen molar-refractivity contribution in [1.82, 2.24) is 9.97 Å². The molecule has 0 fully saturated rings. The summed E-state index contributed by atoms with van der Waals surface area (Å²) in [7, 11) is 0. The van der Waals surface area contributed by atoms with Gasteiger partial charge in [0.15, 0.2) is 0 Å². The second-order valence-electron chi connectivity index (χ2n) is 7.84. The minimum atomic E-state index is -0.504. The van der Waals surface area contributed by atoms with Crippen molar-refractivity contribution < 1.29 is 14.3 Å². The Morgan fingerprint density at radius 3 is 2.50 bits per heavy atom. The molecule has 0 atom stereocenters. The number of fused-ring (bicyclic) bond motifs is 1. The van der Waals surface area contributed by atoms with Crippen molar-refractivity contribution in [2.75, 3.05) is 11.9 Å². The number of para-hydroxylation sites is 1. The summed E-state index contributed by atoms with van der Waals surface area (Å²) in [6.45, 7) is 1.96. The van der Waals surface area contributed by atoms with Gasteiger partial charge in [-0.15, -0.1) is 11.3 Å². The predicted molar refractivity (Wildman–Crippen MR) is 144 cm³/mol. The van der Waals surface area contributed by atoms with E-state index in [-0.39, 0.29) is 12.5 Å². The molecule has 0 saturated carbocycles. The summed E-state index contributed by atoms with van der Waals surface area (Å²) in [5.41, 5.74) is 4.42. The van der Waals surface area contributed by atoms with Crippen molar-refractivity contribution in [3.05, 3.63) is 101 Å². The smallest absolute Gasteiger partial charge is 0.341 e. The number of aromatic nitrogens is 2. The number of rotatable bonds is 6. The number of hydrogen-bond acceptors (Lipinski definition) is 6. The molecule has 36 heavy (non-hydrogen) atoms. The maximum Gasteiger partial charge on any atom is 0.341 e. The van der Waals surface area contributed by atoms with Gasteiger partial charge < -0.3 is 10.1 Å². The van der Waals surface area contributed by atoms with Crippen molar-refractivity contribution in [2.24, 2.45) is 0 Å². The molecule has 0 saturated heterocycles. The monoisotopic (exact) mass is 513 g/mol. The maximum absolute atomic E-state index is 13.6. The number of ether oxygens (including phenoxy) is 1. The van der Waals surface area contributed by atoms with Gasteiger partial charge in [0.1, 0.15) is 10.6 Å².